The highest BCUT2D eigenvalue weighted by molar-refractivity contribution is 7.93. The van der Waals surface area contributed by atoms with Crippen LogP contribution in [0.5, 0.6) is 0 Å². The lowest BCUT2D eigenvalue weighted by atomic mass is 10.5. The SMILES string of the molecule is COC(=O)CCS(=O)(=O)c1cccs1. The molecule has 0 N–H and O–H groups in total. The van der Waals surface area contributed by atoms with Gasteiger partial charge in [-0.2, -0.15) is 0 Å². The lowest BCUT2D eigenvalue weighted by Crippen LogP contribution is -2.11. The molecule has 1 heterocycles. The Hall–Kier alpha value is -0.880. The molecular weight excluding hydrogens is 224 g/mol. The molecule has 4 nitrogen and oxygen atoms in total. The maximum atomic E-state index is 11.5. The second kappa shape index (κ2) is 4.56. The number of thiophene rings is 1. The zero-order valence-corrected chi connectivity index (χ0v) is 9.23. The van der Waals surface area contributed by atoms with Crippen molar-refractivity contribution in [2.75, 3.05) is 12.9 Å². The third kappa shape index (κ3) is 2.81. The van der Waals surface area contributed by atoms with Crippen LogP contribution in [0.1, 0.15) is 6.42 Å². The molecule has 0 amide bonds. The van der Waals surface area contributed by atoms with Gasteiger partial charge in [0.05, 0.1) is 19.3 Å². The summed E-state index contributed by atoms with van der Waals surface area (Å²) in [7, 11) is -2.07. The number of hydrogen-bond donors (Lipinski definition) is 0. The largest absolute Gasteiger partial charge is 0.469 e. The minimum Gasteiger partial charge on any atom is -0.469 e. The molecule has 78 valence electrons. The van der Waals surface area contributed by atoms with Crippen molar-refractivity contribution in [1.29, 1.82) is 0 Å². The normalized spacial score (nSPS) is 11.2. The monoisotopic (exact) mass is 234 g/mol. The first-order chi connectivity index (χ1) is 6.56. The van der Waals surface area contributed by atoms with Gasteiger partial charge in [-0.3, -0.25) is 4.79 Å². The van der Waals surface area contributed by atoms with Gasteiger partial charge in [0, 0.05) is 0 Å². The van der Waals surface area contributed by atoms with Gasteiger partial charge < -0.3 is 4.74 Å². The number of carbonyl (C=O) groups is 1. The van der Waals surface area contributed by atoms with Gasteiger partial charge >= 0.3 is 5.97 Å². The van der Waals surface area contributed by atoms with Crippen LogP contribution in [0.15, 0.2) is 21.7 Å². The van der Waals surface area contributed by atoms with Crippen molar-refractivity contribution < 1.29 is 17.9 Å². The summed E-state index contributed by atoms with van der Waals surface area (Å²) >= 11 is 1.15. The smallest absolute Gasteiger partial charge is 0.306 e. The molecule has 0 bridgehead atoms. The van der Waals surface area contributed by atoms with E-state index in [2.05, 4.69) is 4.74 Å². The van der Waals surface area contributed by atoms with E-state index in [0.29, 0.717) is 4.21 Å². The van der Waals surface area contributed by atoms with Gasteiger partial charge in [-0.15, -0.1) is 11.3 Å². The Kier molecular flexibility index (Phi) is 3.65. The van der Waals surface area contributed by atoms with E-state index in [1.54, 1.807) is 11.4 Å². The maximum Gasteiger partial charge on any atom is 0.306 e. The lowest BCUT2D eigenvalue weighted by Gasteiger charge is -1.99. The van der Waals surface area contributed by atoms with Crippen LogP contribution in [0.25, 0.3) is 0 Å². The fourth-order valence-corrected chi connectivity index (χ4v) is 3.23. The molecule has 0 aromatic carbocycles. The predicted molar refractivity (Wildman–Crippen MR) is 53.0 cm³/mol. The van der Waals surface area contributed by atoms with Crippen LogP contribution >= 0.6 is 11.3 Å². The predicted octanol–water partition coefficient (Wildman–Crippen LogP) is 1.08. The van der Waals surface area contributed by atoms with E-state index in [1.165, 1.54) is 13.2 Å². The molecule has 0 aliphatic heterocycles. The van der Waals surface area contributed by atoms with Crippen molar-refractivity contribution >= 4 is 27.1 Å². The minimum atomic E-state index is -3.30. The average molecular weight is 234 g/mol. The molecule has 6 heteroatoms. The van der Waals surface area contributed by atoms with Crippen LogP contribution in [-0.2, 0) is 19.4 Å². The lowest BCUT2D eigenvalue weighted by molar-refractivity contribution is -0.140. The number of rotatable bonds is 4. The zero-order valence-electron chi connectivity index (χ0n) is 7.60. The van der Waals surface area contributed by atoms with Gasteiger partial charge in [-0.25, -0.2) is 8.42 Å². The molecule has 1 aromatic heterocycles. The van der Waals surface area contributed by atoms with Gasteiger partial charge in [0.1, 0.15) is 4.21 Å². The Bertz CT molecular complexity index is 391. The first-order valence-corrected chi connectivity index (χ1v) is 6.42. The van der Waals surface area contributed by atoms with Crippen molar-refractivity contribution in [3.8, 4) is 0 Å². The number of hydrogen-bond acceptors (Lipinski definition) is 5. The van der Waals surface area contributed by atoms with E-state index < -0.39 is 15.8 Å². The second-order valence-corrected chi connectivity index (χ2v) is 5.86. The standard InChI is InChI=1S/C8H10O4S2/c1-12-7(9)4-6-14(10,11)8-3-2-5-13-8/h2-3,5H,4,6H2,1H3. The fourth-order valence-electron chi connectivity index (χ4n) is 0.861. The van der Waals surface area contributed by atoms with E-state index in [-0.39, 0.29) is 12.2 Å². The molecule has 14 heavy (non-hydrogen) atoms. The molecule has 0 saturated heterocycles. The molecule has 1 rings (SSSR count). The molecule has 0 saturated carbocycles. The van der Waals surface area contributed by atoms with Crippen LogP contribution in [0, 0.1) is 0 Å². The molecule has 0 radical (unpaired) electrons. The van der Waals surface area contributed by atoms with E-state index >= 15 is 0 Å². The highest BCUT2D eigenvalue weighted by Gasteiger charge is 2.17. The Morgan fingerprint density at radius 1 is 1.57 bits per heavy atom. The van der Waals surface area contributed by atoms with E-state index in [1.807, 2.05) is 0 Å². The van der Waals surface area contributed by atoms with Gasteiger partial charge in [0.15, 0.2) is 9.84 Å². The van der Waals surface area contributed by atoms with E-state index in [0.717, 1.165) is 11.3 Å². The van der Waals surface area contributed by atoms with Gasteiger partial charge in [0.25, 0.3) is 0 Å². The van der Waals surface area contributed by atoms with Gasteiger partial charge in [-0.1, -0.05) is 6.07 Å². The number of methoxy groups -OCH3 is 1. The Morgan fingerprint density at radius 2 is 2.29 bits per heavy atom. The molecule has 0 atom stereocenters. The Morgan fingerprint density at radius 3 is 2.79 bits per heavy atom. The summed E-state index contributed by atoms with van der Waals surface area (Å²) < 4.78 is 27.7. The van der Waals surface area contributed by atoms with Gasteiger partial charge in [0.2, 0.25) is 0 Å². The van der Waals surface area contributed by atoms with Gasteiger partial charge in [-0.05, 0) is 11.4 Å². The van der Waals surface area contributed by atoms with E-state index in [4.69, 9.17) is 0 Å². The van der Waals surface area contributed by atoms with Crippen molar-refractivity contribution in [2.45, 2.75) is 10.6 Å². The van der Waals surface area contributed by atoms with Crippen molar-refractivity contribution in [3.05, 3.63) is 17.5 Å². The van der Waals surface area contributed by atoms with Crippen LogP contribution in [-0.4, -0.2) is 27.2 Å². The molecular formula is C8H10O4S2. The highest BCUT2D eigenvalue weighted by Crippen LogP contribution is 2.17. The summed E-state index contributed by atoms with van der Waals surface area (Å²) in [5.74, 6) is -0.703. The van der Waals surface area contributed by atoms with E-state index in [9.17, 15) is 13.2 Å². The first-order valence-electron chi connectivity index (χ1n) is 3.89. The molecule has 0 fully saturated rings. The first kappa shape index (κ1) is 11.2. The summed E-state index contributed by atoms with van der Waals surface area (Å²) in [4.78, 5) is 10.7. The summed E-state index contributed by atoms with van der Waals surface area (Å²) in [5.41, 5.74) is 0. The maximum absolute atomic E-state index is 11.5. The summed E-state index contributed by atoms with van der Waals surface area (Å²) in [6, 6.07) is 3.19. The van der Waals surface area contributed by atoms with Crippen molar-refractivity contribution in [2.24, 2.45) is 0 Å². The molecule has 0 spiro atoms. The minimum absolute atomic E-state index is 0.100. The number of esters is 1. The van der Waals surface area contributed by atoms with Crippen LogP contribution in [0.4, 0.5) is 0 Å². The zero-order chi connectivity index (χ0) is 10.6. The molecule has 0 unspecified atom stereocenters. The average Bonchev–Trinajstić information content (AvgIpc) is 2.67. The fraction of sp³-hybridized carbons (Fsp3) is 0.375. The summed E-state index contributed by atoms with van der Waals surface area (Å²) in [5, 5.41) is 1.69. The third-order valence-electron chi connectivity index (χ3n) is 1.60. The highest BCUT2D eigenvalue weighted by atomic mass is 32.2. The van der Waals surface area contributed by atoms with Crippen LogP contribution in [0.3, 0.4) is 0 Å². The molecule has 0 aliphatic rings. The third-order valence-corrected chi connectivity index (χ3v) is 4.81. The second-order valence-electron chi connectivity index (χ2n) is 2.58. The molecule has 1 aromatic rings. The van der Waals surface area contributed by atoms with Crippen LogP contribution in [0.2, 0.25) is 0 Å². The number of carbonyl (C=O) groups excluding carboxylic acids is 1. The molecule has 0 aliphatic carbocycles. The number of sulfone groups is 1. The summed E-state index contributed by atoms with van der Waals surface area (Å²) in [6.07, 6.45) is -0.100. The van der Waals surface area contributed by atoms with Crippen molar-refractivity contribution in [1.82, 2.24) is 0 Å². The number of ether oxygens (including phenoxy) is 1. The Labute approximate surface area is 86.4 Å². The van der Waals surface area contributed by atoms with Crippen molar-refractivity contribution in [3.63, 3.8) is 0 Å². The van der Waals surface area contributed by atoms with Crippen LogP contribution < -0.4 is 0 Å². The quantitative estimate of drug-likeness (QED) is 0.731. The Balaban J connectivity index is 2.65. The topological polar surface area (TPSA) is 60.4 Å². The summed E-state index contributed by atoms with van der Waals surface area (Å²) in [6.45, 7) is 0.